The summed E-state index contributed by atoms with van der Waals surface area (Å²) in [5, 5.41) is 11.6. The monoisotopic (exact) mass is 559 g/mol. The number of aromatic nitrogens is 1. The number of para-hydroxylation sites is 1. The van der Waals surface area contributed by atoms with Crippen LogP contribution in [-0.2, 0) is 9.53 Å². The summed E-state index contributed by atoms with van der Waals surface area (Å²) in [6.45, 7) is 5.36. The molecule has 40 heavy (non-hydrogen) atoms. The molecule has 204 valence electrons. The number of rotatable bonds is 7. The molecule has 10 nitrogen and oxygen atoms in total. The highest BCUT2D eigenvalue weighted by atomic mass is 32.1. The fourth-order valence-corrected chi connectivity index (χ4v) is 5.71. The van der Waals surface area contributed by atoms with Crippen molar-refractivity contribution in [2.24, 2.45) is 4.99 Å². The highest BCUT2D eigenvalue weighted by Crippen LogP contribution is 2.36. The molecule has 0 radical (unpaired) electrons. The Morgan fingerprint density at radius 1 is 1.20 bits per heavy atom. The number of fused-ring (bicyclic) bond motifs is 1. The number of ether oxygens (including phenoxy) is 2. The van der Waals surface area contributed by atoms with Crippen molar-refractivity contribution < 1.29 is 23.6 Å². The summed E-state index contributed by atoms with van der Waals surface area (Å²) in [7, 11) is 1.52. The van der Waals surface area contributed by atoms with Gasteiger partial charge in [-0.1, -0.05) is 35.6 Å². The largest absolute Gasteiger partial charge is 0.496 e. The first kappa shape index (κ1) is 26.8. The Kier molecular flexibility index (Phi) is 7.22. The van der Waals surface area contributed by atoms with Crippen LogP contribution in [-0.4, -0.2) is 29.2 Å². The molecular formula is C29H25N3O7S. The van der Waals surface area contributed by atoms with E-state index in [9.17, 15) is 19.7 Å². The normalized spacial score (nSPS) is 15.0. The van der Waals surface area contributed by atoms with Gasteiger partial charge in [-0.05, 0) is 50.6 Å². The lowest BCUT2D eigenvalue weighted by Gasteiger charge is -2.25. The van der Waals surface area contributed by atoms with Crippen molar-refractivity contribution in [3.63, 3.8) is 0 Å². The van der Waals surface area contributed by atoms with Gasteiger partial charge in [0.2, 0.25) is 0 Å². The smallest absolute Gasteiger partial charge is 0.338 e. The molecule has 1 atom stereocenters. The number of thiazole rings is 1. The number of esters is 1. The lowest BCUT2D eigenvalue weighted by Crippen LogP contribution is -2.40. The van der Waals surface area contributed by atoms with Crippen LogP contribution < -0.4 is 19.6 Å². The van der Waals surface area contributed by atoms with E-state index in [-0.39, 0.29) is 23.4 Å². The molecule has 0 amide bonds. The van der Waals surface area contributed by atoms with Gasteiger partial charge in [0.25, 0.3) is 11.2 Å². The molecule has 5 rings (SSSR count). The highest BCUT2D eigenvalue weighted by molar-refractivity contribution is 7.07. The number of carbonyl (C=O) groups excluding carboxylic acids is 1. The summed E-state index contributed by atoms with van der Waals surface area (Å²) in [5.41, 5.74) is 1.94. The van der Waals surface area contributed by atoms with Crippen LogP contribution in [0.15, 0.2) is 80.1 Å². The molecule has 1 aliphatic rings. The standard InChI is InChI=1S/C29H25N3O7S/c1-5-38-28(34)25-17(3)30-29-31(26(25)20-8-6-7-9-22(20)37-4)27(33)24(40-29)15-18-11-13-23(39-18)19-12-10-16(2)14-21(19)32(35)36/h6-15,26H,5H2,1-4H3/b24-15+/t26-/m1/s1. The van der Waals surface area contributed by atoms with E-state index in [0.717, 1.165) is 16.9 Å². The highest BCUT2D eigenvalue weighted by Gasteiger charge is 2.35. The number of nitro benzene ring substituents is 1. The zero-order valence-corrected chi connectivity index (χ0v) is 23.0. The van der Waals surface area contributed by atoms with Gasteiger partial charge in [0.15, 0.2) is 4.80 Å². The van der Waals surface area contributed by atoms with Crippen LogP contribution >= 0.6 is 11.3 Å². The van der Waals surface area contributed by atoms with Gasteiger partial charge >= 0.3 is 5.97 Å². The maximum atomic E-state index is 13.8. The van der Waals surface area contributed by atoms with Gasteiger partial charge < -0.3 is 13.9 Å². The Labute approximate surface area is 232 Å². The van der Waals surface area contributed by atoms with E-state index < -0.39 is 16.9 Å². The minimum atomic E-state index is -0.823. The summed E-state index contributed by atoms with van der Waals surface area (Å²) < 4.78 is 18.6. The summed E-state index contributed by atoms with van der Waals surface area (Å²) >= 11 is 1.15. The van der Waals surface area contributed by atoms with Crippen LogP contribution in [0.3, 0.4) is 0 Å². The second kappa shape index (κ2) is 10.8. The molecule has 3 heterocycles. The van der Waals surface area contributed by atoms with E-state index in [1.807, 2.05) is 0 Å². The summed E-state index contributed by atoms with van der Waals surface area (Å²) in [6, 6.07) is 14.5. The van der Waals surface area contributed by atoms with Crippen molar-refractivity contribution in [1.29, 1.82) is 0 Å². The van der Waals surface area contributed by atoms with Crippen LogP contribution in [0, 0.1) is 17.0 Å². The Morgan fingerprint density at radius 3 is 2.70 bits per heavy atom. The van der Waals surface area contributed by atoms with Gasteiger partial charge in [0.05, 0.1) is 40.0 Å². The lowest BCUT2D eigenvalue weighted by molar-refractivity contribution is -0.384. The average molecular weight is 560 g/mol. The minimum absolute atomic E-state index is 0.0703. The lowest BCUT2D eigenvalue weighted by atomic mass is 9.95. The number of carbonyl (C=O) groups is 1. The van der Waals surface area contributed by atoms with Crippen molar-refractivity contribution in [2.45, 2.75) is 26.8 Å². The number of hydrogen-bond acceptors (Lipinski definition) is 9. The molecule has 0 saturated heterocycles. The molecule has 2 aromatic heterocycles. The van der Waals surface area contributed by atoms with Crippen molar-refractivity contribution in [1.82, 2.24) is 4.57 Å². The second-order valence-corrected chi connectivity index (χ2v) is 10.0. The molecule has 0 aliphatic carbocycles. The third-order valence-corrected chi connectivity index (χ3v) is 7.45. The van der Waals surface area contributed by atoms with Gasteiger partial charge in [-0.25, -0.2) is 9.79 Å². The van der Waals surface area contributed by atoms with Gasteiger partial charge in [0, 0.05) is 17.7 Å². The van der Waals surface area contributed by atoms with Gasteiger partial charge in [0.1, 0.15) is 23.3 Å². The van der Waals surface area contributed by atoms with Crippen LogP contribution in [0.4, 0.5) is 5.69 Å². The van der Waals surface area contributed by atoms with Crippen molar-refractivity contribution >= 4 is 29.1 Å². The number of nitrogens with zero attached hydrogens (tertiary/aromatic N) is 3. The van der Waals surface area contributed by atoms with Gasteiger partial charge in [-0.3, -0.25) is 19.5 Å². The van der Waals surface area contributed by atoms with Gasteiger partial charge in [-0.2, -0.15) is 0 Å². The molecule has 11 heteroatoms. The van der Waals surface area contributed by atoms with E-state index in [0.29, 0.717) is 43.4 Å². The van der Waals surface area contributed by atoms with Crippen molar-refractivity contribution in [2.75, 3.05) is 13.7 Å². The maximum absolute atomic E-state index is 13.8. The van der Waals surface area contributed by atoms with Crippen LogP contribution in [0.2, 0.25) is 0 Å². The fourth-order valence-electron chi connectivity index (χ4n) is 4.68. The second-order valence-electron chi connectivity index (χ2n) is 9.02. The molecule has 0 fully saturated rings. The first-order valence-electron chi connectivity index (χ1n) is 12.4. The topological polar surface area (TPSA) is 126 Å². The summed E-state index contributed by atoms with van der Waals surface area (Å²) in [4.78, 5) is 43.0. The Balaban J connectivity index is 1.66. The molecular weight excluding hydrogens is 534 g/mol. The van der Waals surface area contributed by atoms with Gasteiger partial charge in [-0.15, -0.1) is 0 Å². The fraction of sp³-hybridized carbons (Fsp3) is 0.207. The molecule has 0 N–H and O–H groups in total. The van der Waals surface area contributed by atoms with Crippen LogP contribution in [0.5, 0.6) is 5.75 Å². The number of furan rings is 1. The number of benzene rings is 2. The molecule has 0 spiro atoms. The number of nitro groups is 1. The summed E-state index contributed by atoms with van der Waals surface area (Å²) in [5.74, 6) is 0.585. The quantitative estimate of drug-likeness (QED) is 0.188. The first-order valence-corrected chi connectivity index (χ1v) is 13.2. The Morgan fingerprint density at radius 2 is 1.98 bits per heavy atom. The Bertz CT molecular complexity index is 1860. The number of methoxy groups -OCH3 is 1. The zero-order chi connectivity index (χ0) is 28.6. The predicted molar refractivity (Wildman–Crippen MR) is 149 cm³/mol. The third-order valence-electron chi connectivity index (χ3n) is 6.47. The van der Waals surface area contributed by atoms with Crippen LogP contribution in [0.1, 0.15) is 36.8 Å². The molecule has 1 aliphatic heterocycles. The maximum Gasteiger partial charge on any atom is 0.338 e. The number of aryl methyl sites for hydroxylation is 1. The molecule has 4 aromatic rings. The van der Waals surface area contributed by atoms with E-state index in [1.54, 1.807) is 75.4 Å². The average Bonchev–Trinajstić information content (AvgIpc) is 3.52. The first-order chi connectivity index (χ1) is 19.2. The molecule has 2 aromatic carbocycles. The summed E-state index contributed by atoms with van der Waals surface area (Å²) in [6.07, 6.45) is 1.57. The van der Waals surface area contributed by atoms with E-state index >= 15 is 0 Å². The number of allylic oxidation sites excluding steroid dienone is 1. The predicted octanol–water partition coefficient (Wildman–Crippen LogP) is 4.28. The molecule has 0 saturated carbocycles. The van der Waals surface area contributed by atoms with Crippen molar-refractivity contribution in [3.8, 4) is 17.1 Å². The number of hydrogen-bond donors (Lipinski definition) is 0. The van der Waals surface area contributed by atoms with E-state index in [1.165, 1.54) is 17.7 Å². The van der Waals surface area contributed by atoms with E-state index in [4.69, 9.17) is 13.9 Å². The molecule has 0 bridgehead atoms. The zero-order valence-electron chi connectivity index (χ0n) is 22.2. The van der Waals surface area contributed by atoms with Crippen LogP contribution in [0.25, 0.3) is 17.4 Å². The van der Waals surface area contributed by atoms with E-state index in [2.05, 4.69) is 4.99 Å². The third kappa shape index (κ3) is 4.75. The SMILES string of the molecule is CCOC(=O)C1=C(C)N=c2s/c(=C/c3ccc(-c4ccc(C)cc4[N+](=O)[O-])o3)c(=O)n2[C@@H]1c1ccccc1OC. The molecule has 0 unspecified atom stereocenters. The minimum Gasteiger partial charge on any atom is -0.496 e. The van der Waals surface area contributed by atoms with Crippen molar-refractivity contribution in [3.05, 3.63) is 113 Å². The Hall–Kier alpha value is -4.77.